The molecule has 2 aromatic carbocycles. The SMILES string of the molecule is O=C1CC[C@@]2(O)[C@H]3Cc4ccc(O)c5c4[C@@]2(CCN3CCc2ccccc2)C1O5. The van der Waals surface area contributed by atoms with Crippen LogP contribution in [-0.2, 0) is 23.1 Å². The first-order valence-electron chi connectivity index (χ1n) is 10.6. The van der Waals surface area contributed by atoms with E-state index in [0.29, 0.717) is 25.0 Å². The summed E-state index contributed by atoms with van der Waals surface area (Å²) in [6, 6.07) is 14.0. The molecule has 0 aromatic heterocycles. The van der Waals surface area contributed by atoms with Crippen LogP contribution in [0.15, 0.2) is 42.5 Å². The van der Waals surface area contributed by atoms with Crippen LogP contribution in [0.1, 0.15) is 36.0 Å². The molecule has 4 atom stereocenters. The molecule has 2 bridgehead atoms. The van der Waals surface area contributed by atoms with Crippen molar-refractivity contribution in [3.63, 3.8) is 0 Å². The molecule has 2 N–H and O–H groups in total. The van der Waals surface area contributed by atoms with E-state index in [9.17, 15) is 15.0 Å². The van der Waals surface area contributed by atoms with Gasteiger partial charge in [-0.05, 0) is 49.4 Å². The molecule has 2 aliphatic heterocycles. The number of aliphatic hydroxyl groups is 1. The van der Waals surface area contributed by atoms with Gasteiger partial charge in [-0.25, -0.2) is 0 Å². The van der Waals surface area contributed by atoms with Crippen molar-refractivity contribution in [3.8, 4) is 11.5 Å². The lowest BCUT2D eigenvalue weighted by Gasteiger charge is -2.62. The minimum atomic E-state index is -1.01. The third kappa shape index (κ3) is 2.10. The number of ether oxygens (including phenoxy) is 1. The molecule has 1 spiro atoms. The number of benzene rings is 2. The molecule has 0 amide bonds. The second kappa shape index (κ2) is 5.83. The minimum absolute atomic E-state index is 0.0397. The second-order valence-electron chi connectivity index (χ2n) is 9.05. The van der Waals surface area contributed by atoms with Gasteiger partial charge in [-0.1, -0.05) is 36.4 Å². The Morgan fingerprint density at radius 3 is 2.79 bits per heavy atom. The molecule has 1 unspecified atom stereocenters. The largest absolute Gasteiger partial charge is 0.504 e. The van der Waals surface area contributed by atoms with Gasteiger partial charge in [0.15, 0.2) is 23.4 Å². The fourth-order valence-corrected chi connectivity index (χ4v) is 6.60. The molecule has 2 heterocycles. The molecule has 4 aliphatic rings. The summed E-state index contributed by atoms with van der Waals surface area (Å²) in [5, 5.41) is 22.5. The molecular weight excluding hydrogens is 366 g/mol. The lowest BCUT2D eigenvalue weighted by Crippen LogP contribution is -2.76. The van der Waals surface area contributed by atoms with Crippen LogP contribution in [0.3, 0.4) is 0 Å². The van der Waals surface area contributed by atoms with E-state index in [1.165, 1.54) is 5.56 Å². The van der Waals surface area contributed by atoms with Crippen molar-refractivity contribution in [2.24, 2.45) is 0 Å². The van der Waals surface area contributed by atoms with Gasteiger partial charge in [0.05, 0.1) is 11.0 Å². The van der Waals surface area contributed by atoms with Crippen molar-refractivity contribution >= 4 is 5.78 Å². The lowest BCUT2D eigenvalue weighted by atomic mass is 9.49. The number of carbonyl (C=O) groups is 1. The zero-order valence-corrected chi connectivity index (χ0v) is 16.3. The van der Waals surface area contributed by atoms with Gasteiger partial charge in [0.2, 0.25) is 0 Å². The minimum Gasteiger partial charge on any atom is -0.504 e. The molecule has 1 saturated carbocycles. The Balaban J connectivity index is 1.43. The van der Waals surface area contributed by atoms with E-state index in [2.05, 4.69) is 29.2 Å². The highest BCUT2D eigenvalue weighted by Crippen LogP contribution is 2.64. The molecule has 1 saturated heterocycles. The first-order valence-corrected chi connectivity index (χ1v) is 10.6. The van der Waals surface area contributed by atoms with Crippen LogP contribution in [0, 0.1) is 0 Å². The monoisotopic (exact) mass is 391 g/mol. The summed E-state index contributed by atoms with van der Waals surface area (Å²) in [5.41, 5.74) is 1.57. The Kier molecular flexibility index (Phi) is 3.52. The van der Waals surface area contributed by atoms with E-state index < -0.39 is 17.1 Å². The number of hydrogen-bond acceptors (Lipinski definition) is 5. The molecule has 2 fully saturated rings. The van der Waals surface area contributed by atoms with Gasteiger partial charge < -0.3 is 14.9 Å². The molecule has 5 heteroatoms. The van der Waals surface area contributed by atoms with E-state index in [1.807, 2.05) is 12.1 Å². The highest BCUT2D eigenvalue weighted by molar-refractivity contribution is 5.90. The maximum Gasteiger partial charge on any atom is 0.174 e. The first-order chi connectivity index (χ1) is 14.0. The predicted molar refractivity (Wildman–Crippen MR) is 107 cm³/mol. The molecule has 5 nitrogen and oxygen atoms in total. The number of likely N-dealkylation sites (tertiary alicyclic amines) is 1. The number of phenols is 1. The molecule has 6 rings (SSSR count). The summed E-state index contributed by atoms with van der Waals surface area (Å²) in [6.45, 7) is 1.70. The zero-order chi connectivity index (χ0) is 19.8. The van der Waals surface area contributed by atoms with Crippen LogP contribution in [0.2, 0.25) is 0 Å². The highest BCUT2D eigenvalue weighted by atomic mass is 16.5. The number of hydrogen-bond donors (Lipinski definition) is 2. The van der Waals surface area contributed by atoms with Gasteiger partial charge in [-0.15, -0.1) is 0 Å². The molecule has 0 radical (unpaired) electrons. The Bertz CT molecular complexity index is 1010. The fourth-order valence-electron chi connectivity index (χ4n) is 6.60. The third-order valence-corrected chi connectivity index (χ3v) is 7.90. The zero-order valence-electron chi connectivity index (χ0n) is 16.3. The van der Waals surface area contributed by atoms with Crippen molar-refractivity contribution in [3.05, 3.63) is 59.2 Å². The van der Waals surface area contributed by atoms with Gasteiger partial charge in [0, 0.05) is 24.6 Å². The molecule has 2 aliphatic carbocycles. The number of Topliss-reactive ketones (excluding diaryl/α,β-unsaturated/α-hetero) is 1. The summed E-state index contributed by atoms with van der Waals surface area (Å²) in [6.07, 6.45) is 2.45. The summed E-state index contributed by atoms with van der Waals surface area (Å²) in [5.74, 6) is 0.555. The Morgan fingerprint density at radius 1 is 1.14 bits per heavy atom. The van der Waals surface area contributed by atoms with E-state index in [-0.39, 0.29) is 17.6 Å². The molecule has 150 valence electrons. The molecule has 2 aromatic rings. The standard InChI is InChI=1S/C24H25NO4/c26-17-7-6-16-14-19-24(28)10-8-18(27)22-23(24,20(16)21(17)29-22)11-13-25(19)12-9-15-4-2-1-3-5-15/h1-7,19,22,26,28H,8-14H2/t19-,22?,23+,24-/m1/s1. The normalized spacial score (nSPS) is 34.6. The van der Waals surface area contributed by atoms with Crippen LogP contribution in [0.25, 0.3) is 0 Å². The quantitative estimate of drug-likeness (QED) is 0.841. The van der Waals surface area contributed by atoms with Crippen LogP contribution in [-0.4, -0.2) is 51.7 Å². The predicted octanol–water partition coefficient (Wildman–Crippen LogP) is 2.36. The van der Waals surface area contributed by atoms with Crippen LogP contribution in [0.4, 0.5) is 0 Å². The fraction of sp³-hybridized carbons (Fsp3) is 0.458. The lowest BCUT2D eigenvalue weighted by molar-refractivity contribution is -0.188. The van der Waals surface area contributed by atoms with Gasteiger partial charge in [0.1, 0.15) is 0 Å². The van der Waals surface area contributed by atoms with Crippen molar-refractivity contribution < 1.29 is 19.7 Å². The topological polar surface area (TPSA) is 70.0 Å². The number of phenolic OH excluding ortho intramolecular Hbond substituents is 1. The van der Waals surface area contributed by atoms with E-state index in [0.717, 1.165) is 37.1 Å². The van der Waals surface area contributed by atoms with E-state index in [4.69, 9.17) is 4.74 Å². The van der Waals surface area contributed by atoms with Gasteiger partial charge in [-0.2, -0.15) is 0 Å². The molecular formula is C24H25NO4. The van der Waals surface area contributed by atoms with Crippen molar-refractivity contribution in [2.75, 3.05) is 13.1 Å². The smallest absolute Gasteiger partial charge is 0.174 e. The number of rotatable bonds is 3. The van der Waals surface area contributed by atoms with Crippen molar-refractivity contribution in [2.45, 2.75) is 55.3 Å². The number of carbonyl (C=O) groups excluding carboxylic acids is 1. The number of ketones is 1. The summed E-state index contributed by atoms with van der Waals surface area (Å²) in [4.78, 5) is 15.3. The van der Waals surface area contributed by atoms with E-state index in [1.54, 1.807) is 6.07 Å². The average Bonchev–Trinajstić information content (AvgIpc) is 3.09. The van der Waals surface area contributed by atoms with Gasteiger partial charge in [0.25, 0.3) is 0 Å². The number of nitrogens with zero attached hydrogens (tertiary/aromatic N) is 1. The Labute approximate surface area is 169 Å². The average molecular weight is 391 g/mol. The van der Waals surface area contributed by atoms with Crippen LogP contribution in [0.5, 0.6) is 11.5 Å². The van der Waals surface area contributed by atoms with Gasteiger partial charge >= 0.3 is 0 Å². The summed E-state index contributed by atoms with van der Waals surface area (Å²) < 4.78 is 6.07. The third-order valence-electron chi connectivity index (χ3n) is 7.90. The molecule has 29 heavy (non-hydrogen) atoms. The Morgan fingerprint density at radius 2 is 1.97 bits per heavy atom. The maximum atomic E-state index is 12.8. The second-order valence-corrected chi connectivity index (χ2v) is 9.05. The number of aromatic hydroxyl groups is 1. The van der Waals surface area contributed by atoms with Crippen molar-refractivity contribution in [1.29, 1.82) is 0 Å². The highest BCUT2D eigenvalue weighted by Gasteiger charge is 2.73. The van der Waals surface area contributed by atoms with E-state index >= 15 is 0 Å². The summed E-state index contributed by atoms with van der Waals surface area (Å²) in [7, 11) is 0. The Hall–Kier alpha value is -2.37. The van der Waals surface area contributed by atoms with Crippen LogP contribution < -0.4 is 4.74 Å². The first kappa shape index (κ1) is 17.5. The van der Waals surface area contributed by atoms with Crippen LogP contribution >= 0.6 is 0 Å². The summed E-state index contributed by atoms with van der Waals surface area (Å²) >= 11 is 0. The van der Waals surface area contributed by atoms with Gasteiger partial charge in [-0.3, -0.25) is 9.69 Å². The van der Waals surface area contributed by atoms with Crippen molar-refractivity contribution in [1.82, 2.24) is 4.90 Å². The number of piperidine rings is 1. The maximum absolute atomic E-state index is 12.8.